The molecule has 0 fully saturated rings. The largest absolute Gasteiger partial charge is 0.810 e. The van der Waals surface area contributed by atoms with Crippen LogP contribution in [0.25, 0.3) is 0 Å². The van der Waals surface area contributed by atoms with Gasteiger partial charge < -0.3 is 19.1 Å². The van der Waals surface area contributed by atoms with Gasteiger partial charge in [0, 0.05) is 19.0 Å². The first kappa shape index (κ1) is 14.3. The Balaban J connectivity index is 3.56. The van der Waals surface area contributed by atoms with Gasteiger partial charge in [0.15, 0.2) is 0 Å². The van der Waals surface area contributed by atoms with E-state index in [2.05, 4.69) is 4.74 Å². The van der Waals surface area contributed by atoms with Crippen molar-refractivity contribution in [3.8, 4) is 0 Å². The van der Waals surface area contributed by atoms with Crippen molar-refractivity contribution >= 4 is 19.3 Å². The van der Waals surface area contributed by atoms with Gasteiger partial charge in [0.1, 0.15) is 5.78 Å². The molecule has 0 heterocycles. The van der Waals surface area contributed by atoms with E-state index in [0.717, 1.165) is 0 Å². The van der Waals surface area contributed by atoms with Crippen LogP contribution in [0.3, 0.4) is 0 Å². The first-order valence-electron chi connectivity index (χ1n) is 4.45. The lowest BCUT2D eigenvalue weighted by Gasteiger charge is -2.28. The number of ketones is 1. The van der Waals surface area contributed by atoms with Crippen molar-refractivity contribution in [1.82, 2.24) is 0 Å². The van der Waals surface area contributed by atoms with Gasteiger partial charge in [-0.2, -0.15) is 0 Å². The molecule has 0 saturated carbocycles. The Morgan fingerprint density at radius 2 is 1.73 bits per heavy atom. The van der Waals surface area contributed by atoms with Gasteiger partial charge in [-0.1, -0.05) is 7.60 Å². The summed E-state index contributed by atoms with van der Waals surface area (Å²) in [6.45, 7) is 0. The van der Waals surface area contributed by atoms with Crippen LogP contribution in [0.15, 0.2) is 0 Å². The fraction of sp³-hybridized carbons (Fsp3) is 0.750. The van der Waals surface area contributed by atoms with E-state index in [-0.39, 0.29) is 18.8 Å². The Bertz CT molecular complexity index is 268. The molecule has 0 radical (unpaired) electrons. The molecule has 0 rings (SSSR count). The number of unbranched alkanes of at least 4 members (excludes halogenated alkanes) is 1. The summed E-state index contributed by atoms with van der Waals surface area (Å²) in [5.41, 5.74) is 0. The van der Waals surface area contributed by atoms with Gasteiger partial charge in [0.25, 0.3) is 0 Å². The summed E-state index contributed by atoms with van der Waals surface area (Å²) in [5.74, 6) is -0.978. The van der Waals surface area contributed by atoms with Crippen molar-refractivity contribution in [2.75, 3.05) is 13.3 Å². The fourth-order valence-corrected chi connectivity index (χ4v) is 1.58. The minimum absolute atomic E-state index is 0.00542. The van der Waals surface area contributed by atoms with Gasteiger partial charge in [-0.25, -0.2) is 0 Å². The molecule has 0 bridgehead atoms. The summed E-state index contributed by atoms with van der Waals surface area (Å²) in [4.78, 5) is 41.9. The van der Waals surface area contributed by atoms with Gasteiger partial charge in [0.2, 0.25) is 0 Å². The van der Waals surface area contributed by atoms with Gasteiger partial charge in [-0.15, -0.1) is 0 Å². The van der Waals surface area contributed by atoms with Crippen molar-refractivity contribution in [3.05, 3.63) is 0 Å². The molecule has 0 atom stereocenters. The van der Waals surface area contributed by atoms with Crippen LogP contribution in [0.1, 0.15) is 25.7 Å². The average molecular weight is 236 g/mol. The number of hydrogen-bond donors (Lipinski definition) is 0. The third-order valence-electron chi connectivity index (χ3n) is 1.68. The van der Waals surface area contributed by atoms with E-state index in [9.17, 15) is 23.9 Å². The molecular formula is C8H13O6P-2. The van der Waals surface area contributed by atoms with Crippen LogP contribution in [0.2, 0.25) is 0 Å². The quantitative estimate of drug-likeness (QED) is 0.325. The smallest absolute Gasteiger partial charge is 0.305 e. The number of rotatable bonds is 7. The van der Waals surface area contributed by atoms with E-state index < -0.39 is 19.5 Å². The molecule has 0 aromatic heterocycles. The van der Waals surface area contributed by atoms with Crippen LogP contribution < -0.4 is 9.79 Å². The zero-order valence-electron chi connectivity index (χ0n) is 8.43. The third-order valence-corrected chi connectivity index (χ3v) is 2.42. The SMILES string of the molecule is COC(=O)CCCCC(=O)CP(=O)([O-])[O-]. The first-order chi connectivity index (χ1) is 6.85. The minimum atomic E-state index is -4.74. The van der Waals surface area contributed by atoms with Gasteiger partial charge in [0.05, 0.1) is 7.11 Å². The predicted octanol–water partition coefficient (Wildman–Crippen LogP) is -0.797. The summed E-state index contributed by atoms with van der Waals surface area (Å²) < 4.78 is 14.6. The Morgan fingerprint density at radius 3 is 2.20 bits per heavy atom. The maximum atomic E-state index is 10.9. The molecule has 0 aromatic carbocycles. The van der Waals surface area contributed by atoms with E-state index in [1.165, 1.54) is 7.11 Å². The van der Waals surface area contributed by atoms with E-state index in [0.29, 0.717) is 12.8 Å². The standard InChI is InChI=1S/C8H15O6P/c1-14-8(10)5-3-2-4-7(9)6-15(11,12)13/h2-6H2,1H3,(H2,11,12,13)/p-2. The molecule has 0 unspecified atom stereocenters. The Morgan fingerprint density at radius 1 is 1.20 bits per heavy atom. The number of methoxy groups -OCH3 is 1. The van der Waals surface area contributed by atoms with E-state index in [4.69, 9.17) is 0 Å². The van der Waals surface area contributed by atoms with Gasteiger partial charge in [-0.3, -0.25) is 9.59 Å². The van der Waals surface area contributed by atoms with Crippen LogP contribution in [0.4, 0.5) is 0 Å². The zero-order valence-corrected chi connectivity index (χ0v) is 9.33. The van der Waals surface area contributed by atoms with Crippen molar-refractivity contribution in [2.45, 2.75) is 25.7 Å². The summed E-state index contributed by atoms with van der Waals surface area (Å²) in [6, 6.07) is 0. The molecule has 6 nitrogen and oxygen atoms in total. The lowest BCUT2D eigenvalue weighted by molar-refractivity contribution is -0.312. The van der Waals surface area contributed by atoms with Gasteiger partial charge in [-0.05, 0) is 12.8 Å². The summed E-state index contributed by atoms with van der Waals surface area (Å²) in [5, 5.41) is 0. The fourth-order valence-electron chi connectivity index (χ4n) is 0.989. The lowest BCUT2D eigenvalue weighted by Crippen LogP contribution is -2.21. The number of carbonyl (C=O) groups is 2. The molecule has 0 aliphatic heterocycles. The highest BCUT2D eigenvalue weighted by Gasteiger charge is 2.05. The van der Waals surface area contributed by atoms with Crippen molar-refractivity contribution in [3.63, 3.8) is 0 Å². The van der Waals surface area contributed by atoms with Crippen LogP contribution in [-0.2, 0) is 18.9 Å². The molecule has 0 spiro atoms. The van der Waals surface area contributed by atoms with Crippen LogP contribution >= 0.6 is 7.60 Å². The van der Waals surface area contributed by atoms with Gasteiger partial charge >= 0.3 is 5.97 Å². The molecule has 0 aromatic rings. The van der Waals surface area contributed by atoms with Crippen LogP contribution in [-0.4, -0.2) is 25.0 Å². The monoisotopic (exact) mass is 236 g/mol. The van der Waals surface area contributed by atoms with E-state index >= 15 is 0 Å². The molecular weight excluding hydrogens is 223 g/mol. The maximum absolute atomic E-state index is 10.9. The molecule has 0 amide bonds. The molecule has 0 N–H and O–H groups in total. The highest BCUT2D eigenvalue weighted by atomic mass is 31.2. The summed E-state index contributed by atoms with van der Waals surface area (Å²) in [6.07, 6.45) is 0.0846. The maximum Gasteiger partial charge on any atom is 0.305 e. The number of esters is 1. The van der Waals surface area contributed by atoms with Crippen molar-refractivity contribution < 1.29 is 28.7 Å². The molecule has 0 aliphatic carbocycles. The van der Waals surface area contributed by atoms with E-state index in [1.54, 1.807) is 0 Å². The second-order valence-electron chi connectivity index (χ2n) is 3.09. The van der Waals surface area contributed by atoms with Crippen LogP contribution in [0.5, 0.6) is 0 Å². The summed E-state index contributed by atoms with van der Waals surface area (Å²) in [7, 11) is -3.47. The predicted molar refractivity (Wildman–Crippen MR) is 48.0 cm³/mol. The number of Topliss-reactive ketones (excluding diaryl/α,β-unsaturated/α-hetero) is 1. The Hall–Kier alpha value is -0.710. The zero-order chi connectivity index (χ0) is 11.9. The number of hydrogen-bond acceptors (Lipinski definition) is 6. The third kappa shape index (κ3) is 9.59. The van der Waals surface area contributed by atoms with Crippen molar-refractivity contribution in [2.24, 2.45) is 0 Å². The average Bonchev–Trinajstić information content (AvgIpc) is 2.09. The Kier molecular flexibility index (Phi) is 6.40. The molecule has 7 heteroatoms. The van der Waals surface area contributed by atoms with E-state index in [1.807, 2.05) is 0 Å². The number of ether oxygens (including phenoxy) is 1. The Labute approximate surface area is 87.8 Å². The molecule has 0 saturated heterocycles. The second kappa shape index (κ2) is 6.71. The minimum Gasteiger partial charge on any atom is -0.810 e. The van der Waals surface area contributed by atoms with Crippen LogP contribution in [0, 0.1) is 0 Å². The highest BCUT2D eigenvalue weighted by Crippen LogP contribution is 2.23. The van der Waals surface area contributed by atoms with Crippen molar-refractivity contribution in [1.29, 1.82) is 0 Å². The highest BCUT2D eigenvalue weighted by molar-refractivity contribution is 7.49. The molecule has 88 valence electrons. The summed E-state index contributed by atoms with van der Waals surface area (Å²) >= 11 is 0. The first-order valence-corrected chi connectivity index (χ1v) is 6.17. The topological polar surface area (TPSA) is 107 Å². The number of carbonyl (C=O) groups excluding carboxylic acids is 2. The lowest BCUT2D eigenvalue weighted by atomic mass is 10.1. The second-order valence-corrected chi connectivity index (χ2v) is 4.63. The molecule has 15 heavy (non-hydrogen) atoms. The molecule has 0 aliphatic rings. The normalized spacial score (nSPS) is 11.1.